The van der Waals surface area contributed by atoms with E-state index in [9.17, 15) is 4.79 Å². The molecule has 4 heteroatoms. The number of benzene rings is 1. The number of isocyanates is 1. The second-order valence-corrected chi connectivity index (χ2v) is 3.55. The maximum atomic E-state index is 10.1. The standard InChI is InChI=1S/C12H15NO3/c1-9(2)16-11-4-5-12(15-3)10(6-11)7-13-8-14/h4-6,9H,7H2,1-3H3. The quantitative estimate of drug-likeness (QED) is 0.566. The summed E-state index contributed by atoms with van der Waals surface area (Å²) in [6.45, 7) is 4.16. The minimum atomic E-state index is 0.107. The number of carbonyl (C=O) groups excluding carboxylic acids is 1. The lowest BCUT2D eigenvalue weighted by atomic mass is 10.2. The van der Waals surface area contributed by atoms with Crippen LogP contribution in [-0.4, -0.2) is 19.3 Å². The Labute approximate surface area is 94.9 Å². The van der Waals surface area contributed by atoms with E-state index in [1.165, 1.54) is 6.08 Å². The van der Waals surface area contributed by atoms with Crippen molar-refractivity contribution in [3.8, 4) is 11.5 Å². The SMILES string of the molecule is COc1ccc(OC(C)C)cc1CN=C=O. The van der Waals surface area contributed by atoms with Gasteiger partial charge in [0.25, 0.3) is 0 Å². The summed E-state index contributed by atoms with van der Waals surface area (Å²) in [5.74, 6) is 1.43. The molecule has 0 saturated carbocycles. The zero-order valence-electron chi connectivity index (χ0n) is 9.69. The molecule has 0 aliphatic carbocycles. The number of ether oxygens (including phenoxy) is 2. The van der Waals surface area contributed by atoms with Crippen LogP contribution in [0.15, 0.2) is 23.2 Å². The van der Waals surface area contributed by atoms with Gasteiger partial charge in [0.15, 0.2) is 0 Å². The third-order valence-corrected chi connectivity index (χ3v) is 1.94. The van der Waals surface area contributed by atoms with E-state index in [-0.39, 0.29) is 12.6 Å². The molecule has 0 fully saturated rings. The lowest BCUT2D eigenvalue weighted by Gasteiger charge is -2.12. The van der Waals surface area contributed by atoms with E-state index in [0.717, 1.165) is 11.3 Å². The van der Waals surface area contributed by atoms with E-state index >= 15 is 0 Å². The number of hydrogen-bond donors (Lipinski definition) is 0. The van der Waals surface area contributed by atoms with Gasteiger partial charge in [-0.3, -0.25) is 0 Å². The second kappa shape index (κ2) is 5.93. The lowest BCUT2D eigenvalue weighted by molar-refractivity contribution is 0.242. The van der Waals surface area contributed by atoms with Gasteiger partial charge >= 0.3 is 0 Å². The highest BCUT2D eigenvalue weighted by Gasteiger charge is 2.05. The molecule has 16 heavy (non-hydrogen) atoms. The normalized spacial score (nSPS) is 9.75. The molecule has 0 saturated heterocycles. The van der Waals surface area contributed by atoms with Crippen LogP contribution in [0, 0.1) is 0 Å². The number of hydrogen-bond acceptors (Lipinski definition) is 4. The fourth-order valence-corrected chi connectivity index (χ4v) is 1.34. The second-order valence-electron chi connectivity index (χ2n) is 3.55. The van der Waals surface area contributed by atoms with E-state index in [4.69, 9.17) is 9.47 Å². The average molecular weight is 221 g/mol. The fourth-order valence-electron chi connectivity index (χ4n) is 1.34. The van der Waals surface area contributed by atoms with Crippen LogP contribution in [0.3, 0.4) is 0 Å². The Balaban J connectivity index is 2.95. The summed E-state index contributed by atoms with van der Waals surface area (Å²) in [5.41, 5.74) is 0.809. The van der Waals surface area contributed by atoms with E-state index in [1.807, 2.05) is 26.0 Å². The van der Waals surface area contributed by atoms with Gasteiger partial charge in [0.1, 0.15) is 11.5 Å². The summed E-state index contributed by atoms with van der Waals surface area (Å²) < 4.78 is 10.7. The Morgan fingerprint density at radius 1 is 1.44 bits per heavy atom. The highest BCUT2D eigenvalue weighted by molar-refractivity contribution is 5.42. The summed E-state index contributed by atoms with van der Waals surface area (Å²) in [6, 6.07) is 5.44. The predicted molar refractivity (Wildman–Crippen MR) is 60.6 cm³/mol. The molecule has 1 aromatic rings. The first-order chi connectivity index (χ1) is 7.67. The van der Waals surface area contributed by atoms with Gasteiger partial charge in [-0.15, -0.1) is 0 Å². The summed E-state index contributed by atoms with van der Waals surface area (Å²) in [7, 11) is 1.58. The van der Waals surface area contributed by atoms with Crippen LogP contribution in [0.2, 0.25) is 0 Å². The largest absolute Gasteiger partial charge is 0.496 e. The van der Waals surface area contributed by atoms with E-state index in [2.05, 4.69) is 4.99 Å². The van der Waals surface area contributed by atoms with Crippen molar-refractivity contribution in [1.82, 2.24) is 0 Å². The molecule has 0 unspecified atom stereocenters. The highest BCUT2D eigenvalue weighted by atomic mass is 16.5. The maximum Gasteiger partial charge on any atom is 0.235 e. The van der Waals surface area contributed by atoms with Crippen molar-refractivity contribution in [1.29, 1.82) is 0 Å². The molecule has 86 valence electrons. The summed E-state index contributed by atoms with van der Waals surface area (Å²) >= 11 is 0. The Morgan fingerprint density at radius 3 is 2.75 bits per heavy atom. The molecule has 0 aliphatic heterocycles. The number of aliphatic imine (C=N–C) groups is 1. The first-order valence-electron chi connectivity index (χ1n) is 5.04. The van der Waals surface area contributed by atoms with Crippen LogP contribution in [-0.2, 0) is 11.3 Å². The van der Waals surface area contributed by atoms with Gasteiger partial charge in [-0.2, -0.15) is 0 Å². The molecule has 0 radical (unpaired) electrons. The van der Waals surface area contributed by atoms with Gasteiger partial charge in [-0.25, -0.2) is 9.79 Å². The Hall–Kier alpha value is -1.80. The van der Waals surface area contributed by atoms with Gasteiger partial charge in [-0.1, -0.05) is 0 Å². The Bertz CT molecular complexity index is 395. The summed E-state index contributed by atoms with van der Waals surface area (Å²) in [6.07, 6.45) is 1.61. The molecule has 1 aromatic carbocycles. The first-order valence-corrected chi connectivity index (χ1v) is 5.04. The molecule has 1 rings (SSSR count). The van der Waals surface area contributed by atoms with Crippen LogP contribution >= 0.6 is 0 Å². The monoisotopic (exact) mass is 221 g/mol. The van der Waals surface area contributed by atoms with Crippen molar-refractivity contribution >= 4 is 6.08 Å². The van der Waals surface area contributed by atoms with Crippen LogP contribution in [0.4, 0.5) is 0 Å². The minimum absolute atomic E-state index is 0.107. The fraction of sp³-hybridized carbons (Fsp3) is 0.417. The number of nitrogens with zero attached hydrogens (tertiary/aromatic N) is 1. The van der Waals surface area contributed by atoms with Crippen molar-refractivity contribution in [3.63, 3.8) is 0 Å². The van der Waals surface area contributed by atoms with Crippen molar-refractivity contribution in [2.75, 3.05) is 7.11 Å². The summed E-state index contributed by atoms with van der Waals surface area (Å²) in [4.78, 5) is 13.6. The van der Waals surface area contributed by atoms with Crippen LogP contribution < -0.4 is 9.47 Å². The van der Waals surface area contributed by atoms with E-state index < -0.39 is 0 Å². The molecule has 0 spiro atoms. The molecule has 0 atom stereocenters. The van der Waals surface area contributed by atoms with Crippen LogP contribution in [0.5, 0.6) is 11.5 Å². The molecule has 4 nitrogen and oxygen atoms in total. The molecule has 0 aromatic heterocycles. The molecule has 0 amide bonds. The first kappa shape index (κ1) is 12.3. The van der Waals surface area contributed by atoms with Crippen LogP contribution in [0.1, 0.15) is 19.4 Å². The van der Waals surface area contributed by atoms with E-state index in [0.29, 0.717) is 5.75 Å². The van der Waals surface area contributed by atoms with Crippen molar-refractivity contribution < 1.29 is 14.3 Å². The topological polar surface area (TPSA) is 47.9 Å². The van der Waals surface area contributed by atoms with E-state index in [1.54, 1.807) is 13.2 Å². The van der Waals surface area contributed by atoms with Crippen molar-refractivity contribution in [3.05, 3.63) is 23.8 Å². The Kier molecular flexibility index (Phi) is 4.55. The van der Waals surface area contributed by atoms with Crippen molar-refractivity contribution in [2.45, 2.75) is 26.5 Å². The van der Waals surface area contributed by atoms with Crippen molar-refractivity contribution in [2.24, 2.45) is 4.99 Å². The van der Waals surface area contributed by atoms with Gasteiger partial charge in [-0.05, 0) is 32.0 Å². The zero-order valence-corrected chi connectivity index (χ0v) is 9.69. The molecule has 0 bridgehead atoms. The van der Waals surface area contributed by atoms with Gasteiger partial charge in [0.2, 0.25) is 6.08 Å². The van der Waals surface area contributed by atoms with Gasteiger partial charge in [0.05, 0.1) is 19.8 Å². The zero-order chi connectivity index (χ0) is 12.0. The minimum Gasteiger partial charge on any atom is -0.496 e. The third kappa shape index (κ3) is 3.41. The summed E-state index contributed by atoms with van der Waals surface area (Å²) in [5, 5.41) is 0. The highest BCUT2D eigenvalue weighted by Crippen LogP contribution is 2.25. The molecule has 0 N–H and O–H groups in total. The predicted octanol–water partition coefficient (Wildman–Crippen LogP) is 2.32. The number of rotatable bonds is 5. The van der Waals surface area contributed by atoms with Gasteiger partial charge < -0.3 is 9.47 Å². The number of methoxy groups -OCH3 is 1. The smallest absolute Gasteiger partial charge is 0.235 e. The maximum absolute atomic E-state index is 10.1. The molecule has 0 aliphatic rings. The molecular formula is C12H15NO3. The lowest BCUT2D eigenvalue weighted by Crippen LogP contribution is -2.06. The van der Waals surface area contributed by atoms with Gasteiger partial charge in [0, 0.05) is 5.56 Å². The van der Waals surface area contributed by atoms with Crippen LogP contribution in [0.25, 0.3) is 0 Å². The molecule has 0 heterocycles. The third-order valence-electron chi connectivity index (χ3n) is 1.94. The Morgan fingerprint density at radius 2 is 2.19 bits per heavy atom. The molecular weight excluding hydrogens is 206 g/mol. The average Bonchev–Trinajstić information content (AvgIpc) is 2.25.